The highest BCUT2D eigenvalue weighted by Crippen LogP contribution is 2.29. The van der Waals surface area contributed by atoms with Gasteiger partial charge in [0.05, 0.1) is 5.02 Å². The molecular formula is C11H9ClO3. The maximum absolute atomic E-state index is 8.80. The fraction of sp³-hybridized carbons (Fsp3) is 0.0909. The normalized spacial score (nSPS) is 10.3. The highest BCUT2D eigenvalue weighted by molar-refractivity contribution is 6.32. The summed E-state index contributed by atoms with van der Waals surface area (Å²) in [6, 6.07) is 10.4. The van der Waals surface area contributed by atoms with Crippen molar-refractivity contribution in [2.45, 2.75) is 6.61 Å². The van der Waals surface area contributed by atoms with E-state index in [1.165, 1.54) is 0 Å². The number of hydrogen-bond acceptors (Lipinski definition) is 3. The maximum Gasteiger partial charge on any atom is 0.290 e. The van der Waals surface area contributed by atoms with Gasteiger partial charge in [-0.05, 0) is 18.2 Å². The Kier molecular flexibility index (Phi) is 2.94. The maximum atomic E-state index is 8.80. The van der Waals surface area contributed by atoms with E-state index in [1.807, 2.05) is 12.1 Å². The van der Waals surface area contributed by atoms with E-state index >= 15 is 0 Å². The van der Waals surface area contributed by atoms with Crippen LogP contribution >= 0.6 is 11.6 Å². The quantitative estimate of drug-likeness (QED) is 0.871. The second-order valence-corrected chi connectivity index (χ2v) is 3.32. The lowest BCUT2D eigenvalue weighted by Crippen LogP contribution is -1.82. The summed E-state index contributed by atoms with van der Waals surface area (Å²) in [4.78, 5) is 0. The van der Waals surface area contributed by atoms with Crippen molar-refractivity contribution in [3.05, 3.63) is 47.2 Å². The molecule has 1 aromatic carbocycles. The number of furan rings is 1. The van der Waals surface area contributed by atoms with Gasteiger partial charge in [-0.2, -0.15) is 0 Å². The Hall–Kier alpha value is -1.45. The molecule has 15 heavy (non-hydrogen) atoms. The van der Waals surface area contributed by atoms with E-state index in [9.17, 15) is 0 Å². The standard InChI is InChI=1S/C11H9ClO3/c12-9-3-1-2-4-10(9)15-11-6-5-8(7-13)14-11/h1-6,13H,7H2. The van der Waals surface area contributed by atoms with Gasteiger partial charge in [0.1, 0.15) is 18.1 Å². The fourth-order valence-electron chi connectivity index (χ4n) is 1.13. The third kappa shape index (κ3) is 2.32. The molecule has 1 aromatic heterocycles. The van der Waals surface area contributed by atoms with Crippen LogP contribution in [0.1, 0.15) is 5.76 Å². The van der Waals surface area contributed by atoms with Gasteiger partial charge in [-0.25, -0.2) is 0 Å². The minimum Gasteiger partial charge on any atom is -0.428 e. The number of rotatable bonds is 3. The van der Waals surface area contributed by atoms with Crippen molar-refractivity contribution in [3.63, 3.8) is 0 Å². The number of aliphatic hydroxyl groups excluding tert-OH is 1. The molecule has 3 nitrogen and oxygen atoms in total. The molecule has 1 N–H and O–H groups in total. The van der Waals surface area contributed by atoms with Crippen LogP contribution in [0, 0.1) is 0 Å². The first-order chi connectivity index (χ1) is 7.29. The van der Waals surface area contributed by atoms with Gasteiger partial charge in [0, 0.05) is 6.07 Å². The fourth-order valence-corrected chi connectivity index (χ4v) is 1.31. The summed E-state index contributed by atoms with van der Waals surface area (Å²) in [5.74, 6) is 1.29. The van der Waals surface area contributed by atoms with Crippen molar-refractivity contribution in [1.82, 2.24) is 0 Å². The van der Waals surface area contributed by atoms with Crippen molar-refractivity contribution in [3.8, 4) is 11.7 Å². The Morgan fingerprint density at radius 3 is 2.67 bits per heavy atom. The Morgan fingerprint density at radius 2 is 2.00 bits per heavy atom. The average molecular weight is 225 g/mol. The Bertz CT molecular complexity index is 451. The smallest absolute Gasteiger partial charge is 0.290 e. The van der Waals surface area contributed by atoms with Gasteiger partial charge in [-0.3, -0.25) is 0 Å². The van der Waals surface area contributed by atoms with Crippen LogP contribution in [-0.2, 0) is 6.61 Å². The molecule has 0 aliphatic carbocycles. The van der Waals surface area contributed by atoms with E-state index in [2.05, 4.69) is 0 Å². The molecule has 0 saturated carbocycles. The van der Waals surface area contributed by atoms with E-state index < -0.39 is 0 Å². The van der Waals surface area contributed by atoms with Crippen LogP contribution in [-0.4, -0.2) is 5.11 Å². The second-order valence-electron chi connectivity index (χ2n) is 2.91. The molecule has 0 unspecified atom stereocenters. The third-order valence-corrected chi connectivity index (χ3v) is 2.15. The van der Waals surface area contributed by atoms with E-state index in [-0.39, 0.29) is 6.61 Å². The van der Waals surface area contributed by atoms with Gasteiger partial charge < -0.3 is 14.3 Å². The molecule has 0 fully saturated rings. The van der Waals surface area contributed by atoms with E-state index in [0.29, 0.717) is 22.5 Å². The Morgan fingerprint density at radius 1 is 1.20 bits per heavy atom. The Labute approximate surface area is 91.9 Å². The molecule has 2 rings (SSSR count). The minimum atomic E-state index is -0.147. The first-order valence-electron chi connectivity index (χ1n) is 4.41. The molecule has 0 aliphatic rings. The molecule has 1 heterocycles. The zero-order chi connectivity index (χ0) is 10.7. The van der Waals surface area contributed by atoms with Crippen molar-refractivity contribution in [2.75, 3.05) is 0 Å². The predicted octanol–water partition coefficient (Wildman–Crippen LogP) is 3.22. The van der Waals surface area contributed by atoms with Crippen LogP contribution in [0.15, 0.2) is 40.8 Å². The summed E-state index contributed by atoms with van der Waals surface area (Å²) in [6.45, 7) is -0.147. The predicted molar refractivity (Wildman–Crippen MR) is 56.2 cm³/mol. The number of para-hydroxylation sites is 1. The van der Waals surface area contributed by atoms with Crippen molar-refractivity contribution in [1.29, 1.82) is 0 Å². The van der Waals surface area contributed by atoms with Crippen molar-refractivity contribution < 1.29 is 14.3 Å². The molecular weight excluding hydrogens is 216 g/mol. The number of benzene rings is 1. The lowest BCUT2D eigenvalue weighted by atomic mass is 10.3. The van der Waals surface area contributed by atoms with E-state index in [1.54, 1.807) is 24.3 Å². The molecule has 0 aliphatic heterocycles. The summed E-state index contributed by atoms with van der Waals surface area (Å²) < 4.78 is 10.5. The summed E-state index contributed by atoms with van der Waals surface area (Å²) in [5, 5.41) is 9.31. The van der Waals surface area contributed by atoms with Crippen molar-refractivity contribution >= 4 is 11.6 Å². The average Bonchev–Trinajstić information content (AvgIpc) is 2.69. The van der Waals surface area contributed by atoms with Crippen molar-refractivity contribution in [2.24, 2.45) is 0 Å². The first kappa shape index (κ1) is 10.1. The molecule has 0 bridgehead atoms. The molecule has 0 atom stereocenters. The van der Waals surface area contributed by atoms with Crippen LogP contribution in [0.25, 0.3) is 0 Å². The SMILES string of the molecule is OCc1ccc(Oc2ccccc2Cl)o1. The summed E-state index contributed by atoms with van der Waals surface area (Å²) in [6.07, 6.45) is 0. The molecule has 2 aromatic rings. The zero-order valence-electron chi connectivity index (χ0n) is 7.81. The number of ether oxygens (including phenoxy) is 1. The molecule has 78 valence electrons. The van der Waals surface area contributed by atoms with Crippen LogP contribution in [0.5, 0.6) is 11.7 Å². The number of hydrogen-bond donors (Lipinski definition) is 1. The van der Waals surface area contributed by atoms with Gasteiger partial charge in [0.2, 0.25) is 0 Å². The lowest BCUT2D eigenvalue weighted by molar-refractivity contribution is 0.231. The van der Waals surface area contributed by atoms with Gasteiger partial charge in [0.15, 0.2) is 0 Å². The summed E-state index contributed by atoms with van der Waals surface area (Å²) >= 11 is 5.90. The lowest BCUT2D eigenvalue weighted by Gasteiger charge is -2.03. The highest BCUT2D eigenvalue weighted by atomic mass is 35.5. The van der Waals surface area contributed by atoms with E-state index in [4.69, 9.17) is 25.9 Å². The summed E-state index contributed by atoms with van der Waals surface area (Å²) in [5.41, 5.74) is 0. The van der Waals surface area contributed by atoms with Gasteiger partial charge >= 0.3 is 0 Å². The van der Waals surface area contributed by atoms with Crippen LogP contribution in [0.2, 0.25) is 5.02 Å². The van der Waals surface area contributed by atoms with Gasteiger partial charge in [0.25, 0.3) is 5.95 Å². The van der Waals surface area contributed by atoms with Crippen LogP contribution in [0.3, 0.4) is 0 Å². The second kappa shape index (κ2) is 4.38. The zero-order valence-corrected chi connectivity index (χ0v) is 8.57. The van der Waals surface area contributed by atoms with E-state index in [0.717, 1.165) is 0 Å². The molecule has 0 radical (unpaired) electrons. The van der Waals surface area contributed by atoms with Crippen LogP contribution in [0.4, 0.5) is 0 Å². The highest BCUT2D eigenvalue weighted by Gasteiger charge is 2.05. The van der Waals surface area contributed by atoms with Gasteiger partial charge in [-0.15, -0.1) is 0 Å². The molecule has 0 amide bonds. The topological polar surface area (TPSA) is 42.6 Å². The number of halogens is 1. The largest absolute Gasteiger partial charge is 0.428 e. The summed E-state index contributed by atoms with van der Waals surface area (Å²) in [7, 11) is 0. The van der Waals surface area contributed by atoms with Crippen LogP contribution < -0.4 is 4.74 Å². The third-order valence-electron chi connectivity index (χ3n) is 1.84. The molecule has 4 heteroatoms. The minimum absolute atomic E-state index is 0.147. The number of aliphatic hydroxyl groups is 1. The first-order valence-corrected chi connectivity index (χ1v) is 4.79. The monoisotopic (exact) mass is 224 g/mol. The molecule has 0 saturated heterocycles. The molecule has 0 spiro atoms. The van der Waals surface area contributed by atoms with Gasteiger partial charge in [-0.1, -0.05) is 23.7 Å². The Balaban J connectivity index is 2.18.